The van der Waals surface area contributed by atoms with Gasteiger partial charge in [-0.25, -0.2) is 0 Å². The summed E-state index contributed by atoms with van der Waals surface area (Å²) in [6.07, 6.45) is 5.67. The Morgan fingerprint density at radius 2 is 1.88 bits per heavy atom. The van der Waals surface area contributed by atoms with Gasteiger partial charge in [0.1, 0.15) is 12.7 Å². The third-order valence-electron chi connectivity index (χ3n) is 2.92. The van der Waals surface area contributed by atoms with Crippen LogP contribution in [0.3, 0.4) is 0 Å². The van der Waals surface area contributed by atoms with Gasteiger partial charge in [-0.3, -0.25) is 4.57 Å². The van der Waals surface area contributed by atoms with Crippen LogP contribution in [0.1, 0.15) is 26.7 Å². The van der Waals surface area contributed by atoms with E-state index in [0.717, 1.165) is 24.2 Å². The van der Waals surface area contributed by atoms with Crippen LogP contribution >= 0.6 is 0 Å². The first-order valence-electron chi connectivity index (χ1n) is 6.05. The minimum atomic E-state index is 0.533. The van der Waals surface area contributed by atoms with Gasteiger partial charge in [0.15, 0.2) is 0 Å². The predicted molar refractivity (Wildman–Crippen MR) is 69.4 cm³/mol. The van der Waals surface area contributed by atoms with Crippen molar-refractivity contribution in [3.05, 3.63) is 36.9 Å². The lowest BCUT2D eigenvalue weighted by atomic mass is 10.1. The van der Waals surface area contributed by atoms with Crippen LogP contribution in [0.25, 0.3) is 5.69 Å². The maximum Gasteiger partial charge on any atom is 0.123 e. The molecule has 0 fully saturated rings. The van der Waals surface area contributed by atoms with Crippen LogP contribution in [0.5, 0.6) is 0 Å². The van der Waals surface area contributed by atoms with Gasteiger partial charge >= 0.3 is 0 Å². The molecule has 4 nitrogen and oxygen atoms in total. The molecule has 1 N–H and O–H groups in total. The van der Waals surface area contributed by atoms with E-state index in [2.05, 4.69) is 41.5 Å². The summed E-state index contributed by atoms with van der Waals surface area (Å²) >= 11 is 0. The average molecular weight is 230 g/mol. The van der Waals surface area contributed by atoms with Gasteiger partial charge in [-0.2, -0.15) is 0 Å². The van der Waals surface area contributed by atoms with Crippen LogP contribution in [0.15, 0.2) is 36.9 Å². The van der Waals surface area contributed by atoms with Crippen molar-refractivity contribution in [1.82, 2.24) is 14.8 Å². The molecule has 0 bridgehead atoms. The molecule has 0 amide bonds. The van der Waals surface area contributed by atoms with Gasteiger partial charge in [0.2, 0.25) is 0 Å². The van der Waals surface area contributed by atoms with Crippen molar-refractivity contribution < 1.29 is 0 Å². The number of anilines is 1. The van der Waals surface area contributed by atoms with E-state index in [1.165, 1.54) is 0 Å². The summed E-state index contributed by atoms with van der Waals surface area (Å²) in [6, 6.07) is 8.82. The van der Waals surface area contributed by atoms with Crippen LogP contribution in [0.4, 0.5) is 5.69 Å². The second kappa shape index (κ2) is 5.48. The van der Waals surface area contributed by atoms with E-state index in [1.807, 2.05) is 16.7 Å². The topological polar surface area (TPSA) is 42.7 Å². The van der Waals surface area contributed by atoms with E-state index in [9.17, 15) is 0 Å². The summed E-state index contributed by atoms with van der Waals surface area (Å²) in [5.74, 6) is 0. The molecule has 0 spiro atoms. The maximum atomic E-state index is 3.81. The molecule has 0 unspecified atom stereocenters. The average Bonchev–Trinajstić information content (AvgIpc) is 2.90. The molecule has 0 saturated heterocycles. The Labute approximate surface area is 102 Å². The Balaban J connectivity index is 2.17. The Morgan fingerprint density at radius 3 is 2.53 bits per heavy atom. The van der Waals surface area contributed by atoms with E-state index in [-0.39, 0.29) is 0 Å². The SMILES string of the molecule is CCC(CC)Nc1cccc(-n2cnnc2)c1. The van der Waals surface area contributed by atoms with Gasteiger partial charge < -0.3 is 5.32 Å². The van der Waals surface area contributed by atoms with Gasteiger partial charge in [-0.15, -0.1) is 10.2 Å². The lowest BCUT2D eigenvalue weighted by Gasteiger charge is -2.16. The van der Waals surface area contributed by atoms with Crippen LogP contribution in [-0.4, -0.2) is 20.8 Å². The molecule has 0 saturated carbocycles. The Hall–Kier alpha value is -1.84. The molecule has 0 radical (unpaired) electrons. The molecule has 1 aromatic heterocycles. The number of nitrogens with one attached hydrogen (secondary N) is 1. The Morgan fingerprint density at radius 1 is 1.18 bits per heavy atom. The summed E-state index contributed by atoms with van der Waals surface area (Å²) in [5.41, 5.74) is 2.22. The predicted octanol–water partition coefficient (Wildman–Crippen LogP) is 2.87. The Kier molecular flexibility index (Phi) is 3.75. The summed E-state index contributed by atoms with van der Waals surface area (Å²) < 4.78 is 1.90. The van der Waals surface area contributed by atoms with Gasteiger partial charge in [0.25, 0.3) is 0 Å². The van der Waals surface area contributed by atoms with E-state index in [1.54, 1.807) is 12.7 Å². The van der Waals surface area contributed by atoms with Gasteiger partial charge in [-0.05, 0) is 31.0 Å². The number of aromatic nitrogens is 3. The maximum absolute atomic E-state index is 3.81. The number of hydrogen-bond donors (Lipinski definition) is 1. The smallest absolute Gasteiger partial charge is 0.123 e. The monoisotopic (exact) mass is 230 g/mol. The van der Waals surface area contributed by atoms with Crippen molar-refractivity contribution in [1.29, 1.82) is 0 Å². The fourth-order valence-electron chi connectivity index (χ4n) is 1.82. The first-order valence-corrected chi connectivity index (χ1v) is 6.05. The van der Waals surface area contributed by atoms with Crippen LogP contribution in [0.2, 0.25) is 0 Å². The zero-order chi connectivity index (χ0) is 12.1. The Bertz CT molecular complexity index is 446. The molecule has 17 heavy (non-hydrogen) atoms. The van der Waals surface area contributed by atoms with E-state index >= 15 is 0 Å². The minimum absolute atomic E-state index is 0.533. The molecule has 2 rings (SSSR count). The van der Waals surface area contributed by atoms with Gasteiger partial charge in [0.05, 0.1) is 5.69 Å². The molecule has 1 heterocycles. The van der Waals surface area contributed by atoms with Crippen LogP contribution in [0, 0.1) is 0 Å². The first-order chi connectivity index (χ1) is 8.33. The number of rotatable bonds is 5. The molecular weight excluding hydrogens is 212 g/mol. The fraction of sp³-hybridized carbons (Fsp3) is 0.385. The molecule has 0 aliphatic heterocycles. The molecule has 90 valence electrons. The molecule has 1 aromatic carbocycles. The van der Waals surface area contributed by atoms with E-state index in [0.29, 0.717) is 6.04 Å². The number of nitrogens with zero attached hydrogens (tertiary/aromatic N) is 3. The molecule has 0 aliphatic carbocycles. The van der Waals surface area contributed by atoms with Crippen molar-refractivity contribution in [3.8, 4) is 5.69 Å². The standard InChI is InChI=1S/C13H18N4/c1-3-11(4-2)16-12-6-5-7-13(8-12)17-9-14-15-10-17/h5-11,16H,3-4H2,1-2H3. The van der Waals surface area contributed by atoms with Crippen molar-refractivity contribution in [2.45, 2.75) is 32.7 Å². The van der Waals surface area contributed by atoms with Gasteiger partial charge in [-0.1, -0.05) is 19.9 Å². The molecule has 0 aliphatic rings. The fourth-order valence-corrected chi connectivity index (χ4v) is 1.82. The zero-order valence-electron chi connectivity index (χ0n) is 10.3. The lowest BCUT2D eigenvalue weighted by Crippen LogP contribution is -2.16. The number of hydrogen-bond acceptors (Lipinski definition) is 3. The molecule has 4 heteroatoms. The highest BCUT2D eigenvalue weighted by Crippen LogP contribution is 2.16. The van der Waals surface area contributed by atoms with E-state index in [4.69, 9.17) is 0 Å². The van der Waals surface area contributed by atoms with Crippen molar-refractivity contribution >= 4 is 5.69 Å². The van der Waals surface area contributed by atoms with Crippen LogP contribution in [-0.2, 0) is 0 Å². The zero-order valence-corrected chi connectivity index (χ0v) is 10.3. The molecule has 0 atom stereocenters. The van der Waals surface area contributed by atoms with Crippen molar-refractivity contribution in [2.24, 2.45) is 0 Å². The third kappa shape index (κ3) is 2.84. The highest BCUT2D eigenvalue weighted by molar-refractivity contribution is 5.51. The summed E-state index contributed by atoms with van der Waals surface area (Å²) in [6.45, 7) is 4.40. The normalized spacial score (nSPS) is 10.8. The first kappa shape index (κ1) is 11.6. The third-order valence-corrected chi connectivity index (χ3v) is 2.92. The second-order valence-electron chi connectivity index (χ2n) is 4.08. The minimum Gasteiger partial charge on any atom is -0.382 e. The van der Waals surface area contributed by atoms with Crippen molar-refractivity contribution in [3.63, 3.8) is 0 Å². The van der Waals surface area contributed by atoms with Crippen LogP contribution < -0.4 is 5.32 Å². The van der Waals surface area contributed by atoms with Crippen molar-refractivity contribution in [2.75, 3.05) is 5.32 Å². The molecule has 2 aromatic rings. The summed E-state index contributed by atoms with van der Waals surface area (Å²) in [7, 11) is 0. The molecular formula is C13H18N4. The highest BCUT2D eigenvalue weighted by Gasteiger charge is 2.03. The largest absolute Gasteiger partial charge is 0.382 e. The lowest BCUT2D eigenvalue weighted by molar-refractivity contribution is 0.672. The second-order valence-corrected chi connectivity index (χ2v) is 4.08. The van der Waals surface area contributed by atoms with E-state index < -0.39 is 0 Å². The quantitative estimate of drug-likeness (QED) is 0.858. The summed E-state index contributed by atoms with van der Waals surface area (Å²) in [4.78, 5) is 0. The number of benzene rings is 1. The highest BCUT2D eigenvalue weighted by atomic mass is 15.2. The van der Waals surface area contributed by atoms with Gasteiger partial charge in [0, 0.05) is 11.7 Å². The summed E-state index contributed by atoms with van der Waals surface area (Å²) in [5, 5.41) is 11.2.